The maximum atomic E-state index is 12.1. The van der Waals surface area contributed by atoms with Gasteiger partial charge in [-0.25, -0.2) is 4.68 Å². The number of para-hydroxylation sites is 1. The molecule has 2 aromatic rings. The number of hydrogen-bond donors (Lipinski definition) is 1. The standard InChI is InChI=1S/C17H17N3O3.ClH/c21-16(19-9-8-14(12-19)17(22)23)7-6-13-10-18-20(11-13)15-4-2-1-3-5-15;/h1-7,10-11,14H,8-9,12H2,(H,22,23);1H/b7-6+;. The van der Waals surface area contributed by atoms with Crippen LogP contribution in [0.1, 0.15) is 12.0 Å². The van der Waals surface area contributed by atoms with Gasteiger partial charge >= 0.3 is 5.97 Å². The third-order valence-corrected chi connectivity index (χ3v) is 3.89. The van der Waals surface area contributed by atoms with Gasteiger partial charge in [0.05, 0.1) is 17.8 Å². The lowest BCUT2D eigenvalue weighted by Gasteiger charge is -2.12. The van der Waals surface area contributed by atoms with Crippen LogP contribution >= 0.6 is 12.4 Å². The Hall–Kier alpha value is -2.60. The van der Waals surface area contributed by atoms with E-state index in [1.54, 1.807) is 21.9 Å². The molecule has 2 heterocycles. The molecular formula is C17H18ClN3O3. The molecule has 7 heteroatoms. The highest BCUT2D eigenvalue weighted by Gasteiger charge is 2.29. The van der Waals surface area contributed by atoms with Crippen molar-refractivity contribution in [2.45, 2.75) is 6.42 Å². The van der Waals surface area contributed by atoms with E-state index in [-0.39, 0.29) is 24.9 Å². The second-order valence-corrected chi connectivity index (χ2v) is 5.50. The lowest BCUT2D eigenvalue weighted by molar-refractivity contribution is -0.141. The Kier molecular flexibility index (Phi) is 5.76. The van der Waals surface area contributed by atoms with Crippen LogP contribution in [-0.4, -0.2) is 44.8 Å². The Morgan fingerprint density at radius 1 is 1.25 bits per heavy atom. The average Bonchev–Trinajstić information content (AvgIpc) is 3.23. The van der Waals surface area contributed by atoms with Crippen LogP contribution in [0.2, 0.25) is 0 Å². The number of hydrogen-bond acceptors (Lipinski definition) is 3. The molecule has 0 bridgehead atoms. The van der Waals surface area contributed by atoms with Crippen molar-refractivity contribution in [3.63, 3.8) is 0 Å². The van der Waals surface area contributed by atoms with Crippen LogP contribution in [0.15, 0.2) is 48.8 Å². The minimum atomic E-state index is -0.839. The van der Waals surface area contributed by atoms with Gasteiger partial charge in [-0.1, -0.05) is 18.2 Å². The minimum Gasteiger partial charge on any atom is -0.481 e. The maximum Gasteiger partial charge on any atom is 0.308 e. The van der Waals surface area contributed by atoms with Crippen molar-refractivity contribution in [3.8, 4) is 5.69 Å². The predicted octanol–water partition coefficient (Wildman–Crippen LogP) is 2.24. The van der Waals surface area contributed by atoms with Crippen molar-refractivity contribution < 1.29 is 14.7 Å². The summed E-state index contributed by atoms with van der Waals surface area (Å²) in [6.07, 6.45) is 7.20. The molecule has 0 spiro atoms. The number of benzene rings is 1. The number of carboxylic acids is 1. The largest absolute Gasteiger partial charge is 0.481 e. The molecule has 1 aliphatic heterocycles. The van der Waals surface area contributed by atoms with Gasteiger partial charge in [0.1, 0.15) is 0 Å². The van der Waals surface area contributed by atoms with E-state index in [2.05, 4.69) is 5.10 Å². The second kappa shape index (κ2) is 7.79. The van der Waals surface area contributed by atoms with E-state index in [4.69, 9.17) is 5.11 Å². The summed E-state index contributed by atoms with van der Waals surface area (Å²) in [5.41, 5.74) is 1.76. The number of carbonyl (C=O) groups excluding carboxylic acids is 1. The molecule has 1 saturated heterocycles. The first-order chi connectivity index (χ1) is 11.1. The summed E-state index contributed by atoms with van der Waals surface area (Å²) in [5, 5.41) is 13.2. The summed E-state index contributed by atoms with van der Waals surface area (Å²) >= 11 is 0. The number of amides is 1. The first-order valence-electron chi connectivity index (χ1n) is 7.43. The number of aromatic nitrogens is 2. The molecule has 1 aliphatic rings. The molecule has 6 nitrogen and oxygen atoms in total. The molecule has 126 valence electrons. The fourth-order valence-corrected chi connectivity index (χ4v) is 2.58. The van der Waals surface area contributed by atoms with Crippen LogP contribution in [0.5, 0.6) is 0 Å². The molecule has 1 aromatic carbocycles. The molecule has 0 aliphatic carbocycles. The molecule has 1 atom stereocenters. The smallest absolute Gasteiger partial charge is 0.308 e. The number of carbonyl (C=O) groups is 2. The van der Waals surface area contributed by atoms with E-state index in [1.807, 2.05) is 36.5 Å². The highest BCUT2D eigenvalue weighted by atomic mass is 35.5. The van der Waals surface area contributed by atoms with Crippen molar-refractivity contribution in [2.75, 3.05) is 13.1 Å². The van der Waals surface area contributed by atoms with Gasteiger partial charge in [-0.3, -0.25) is 9.59 Å². The first-order valence-corrected chi connectivity index (χ1v) is 7.43. The van der Waals surface area contributed by atoms with Crippen LogP contribution in [-0.2, 0) is 9.59 Å². The van der Waals surface area contributed by atoms with Crippen LogP contribution in [0.3, 0.4) is 0 Å². The summed E-state index contributed by atoms with van der Waals surface area (Å²) in [5.74, 6) is -1.46. The van der Waals surface area contributed by atoms with Gasteiger partial charge in [0, 0.05) is 30.9 Å². The van der Waals surface area contributed by atoms with Crippen LogP contribution in [0.4, 0.5) is 0 Å². The molecular weight excluding hydrogens is 330 g/mol. The molecule has 1 amide bonds. The van der Waals surface area contributed by atoms with Crippen LogP contribution in [0.25, 0.3) is 11.8 Å². The summed E-state index contributed by atoms with van der Waals surface area (Å²) in [6, 6.07) is 9.70. The van der Waals surface area contributed by atoms with E-state index < -0.39 is 11.9 Å². The van der Waals surface area contributed by atoms with E-state index in [0.717, 1.165) is 11.3 Å². The first kappa shape index (κ1) is 17.7. The van der Waals surface area contributed by atoms with Gasteiger partial charge in [-0.2, -0.15) is 5.10 Å². The molecule has 24 heavy (non-hydrogen) atoms. The number of likely N-dealkylation sites (tertiary alicyclic amines) is 1. The van der Waals surface area contributed by atoms with Crippen LogP contribution < -0.4 is 0 Å². The van der Waals surface area contributed by atoms with E-state index in [0.29, 0.717) is 13.0 Å². The number of halogens is 1. The third-order valence-electron chi connectivity index (χ3n) is 3.89. The number of nitrogens with zero attached hydrogens (tertiary/aromatic N) is 3. The predicted molar refractivity (Wildman–Crippen MR) is 92.2 cm³/mol. The Morgan fingerprint density at radius 2 is 2.00 bits per heavy atom. The Morgan fingerprint density at radius 3 is 2.67 bits per heavy atom. The quantitative estimate of drug-likeness (QED) is 0.861. The SMILES string of the molecule is Cl.O=C(O)C1CCN(C(=O)/C=C/c2cnn(-c3ccccc3)c2)C1. The summed E-state index contributed by atoms with van der Waals surface area (Å²) in [7, 11) is 0. The summed E-state index contributed by atoms with van der Waals surface area (Å²) in [4.78, 5) is 24.6. The third kappa shape index (κ3) is 4.02. The van der Waals surface area contributed by atoms with Gasteiger partial charge in [0.15, 0.2) is 0 Å². The fourth-order valence-electron chi connectivity index (χ4n) is 2.58. The van der Waals surface area contributed by atoms with Crippen molar-refractivity contribution in [3.05, 3.63) is 54.4 Å². The monoisotopic (exact) mass is 347 g/mol. The van der Waals surface area contributed by atoms with Crippen molar-refractivity contribution >= 4 is 30.4 Å². The molecule has 1 fully saturated rings. The summed E-state index contributed by atoms with van der Waals surface area (Å²) in [6.45, 7) is 0.769. The molecule has 1 aromatic heterocycles. The van der Waals surface area contributed by atoms with E-state index >= 15 is 0 Å². The van der Waals surface area contributed by atoms with Gasteiger partial charge in [0.25, 0.3) is 0 Å². The maximum absolute atomic E-state index is 12.1. The minimum absolute atomic E-state index is 0. The normalized spacial score (nSPS) is 17.0. The van der Waals surface area contributed by atoms with Gasteiger partial charge < -0.3 is 10.0 Å². The highest BCUT2D eigenvalue weighted by molar-refractivity contribution is 5.92. The zero-order valence-electron chi connectivity index (χ0n) is 12.9. The Labute approximate surface area is 145 Å². The fraction of sp³-hybridized carbons (Fsp3) is 0.235. The Balaban J connectivity index is 0.00000208. The lowest BCUT2D eigenvalue weighted by Crippen LogP contribution is -2.28. The number of aliphatic carboxylic acids is 1. The molecule has 3 rings (SSSR count). The zero-order chi connectivity index (χ0) is 16.2. The van der Waals surface area contributed by atoms with Crippen molar-refractivity contribution in [2.24, 2.45) is 5.92 Å². The lowest BCUT2D eigenvalue weighted by atomic mass is 10.1. The van der Waals surface area contributed by atoms with Gasteiger partial charge in [-0.05, 0) is 24.6 Å². The zero-order valence-corrected chi connectivity index (χ0v) is 13.7. The van der Waals surface area contributed by atoms with Gasteiger partial charge in [0.2, 0.25) is 5.91 Å². The second-order valence-electron chi connectivity index (χ2n) is 5.50. The van der Waals surface area contributed by atoms with Crippen molar-refractivity contribution in [1.29, 1.82) is 0 Å². The van der Waals surface area contributed by atoms with Crippen LogP contribution in [0, 0.1) is 5.92 Å². The van der Waals surface area contributed by atoms with Crippen molar-refractivity contribution in [1.82, 2.24) is 14.7 Å². The molecule has 0 radical (unpaired) electrons. The van der Waals surface area contributed by atoms with Gasteiger partial charge in [-0.15, -0.1) is 12.4 Å². The molecule has 0 saturated carbocycles. The molecule has 1 unspecified atom stereocenters. The number of carboxylic acid groups (broad SMARTS) is 1. The molecule has 1 N–H and O–H groups in total. The average molecular weight is 348 g/mol. The van der Waals surface area contributed by atoms with E-state index in [1.165, 1.54) is 6.08 Å². The topological polar surface area (TPSA) is 75.4 Å². The highest BCUT2D eigenvalue weighted by Crippen LogP contribution is 2.17. The number of rotatable bonds is 4. The Bertz CT molecular complexity index is 743. The summed E-state index contributed by atoms with van der Waals surface area (Å²) < 4.78 is 1.74. The van der Waals surface area contributed by atoms with E-state index in [9.17, 15) is 9.59 Å².